The maximum Gasteiger partial charge on any atom is 0.0218 e. The van der Waals surface area contributed by atoms with E-state index in [4.69, 9.17) is 24.4 Å². The second-order valence-electron chi connectivity index (χ2n) is 2.96. The topological polar surface area (TPSA) is 0 Å². The molecule has 0 aromatic rings. The van der Waals surface area contributed by atoms with Crippen molar-refractivity contribution >= 4 is 45.9 Å². The lowest BCUT2D eigenvalue weighted by Gasteiger charge is -2.07. The average molecular weight is 216 g/mol. The van der Waals surface area contributed by atoms with Crippen molar-refractivity contribution in [3.8, 4) is 0 Å². The molecule has 1 heterocycles. The van der Waals surface area contributed by atoms with Crippen LogP contribution in [0, 0.1) is 5.92 Å². The summed E-state index contributed by atoms with van der Waals surface area (Å²) in [6.45, 7) is 3.98. The number of allylic oxidation sites excluding steroid dienone is 2. The van der Waals surface area contributed by atoms with Crippen LogP contribution in [-0.2, 0) is 0 Å². The average Bonchev–Trinajstić information content (AvgIpc) is 2.33. The number of thiocarbonyl (C=S) groups is 2. The fourth-order valence-electron chi connectivity index (χ4n) is 1.28. The Morgan fingerprint density at radius 1 is 1.50 bits per heavy atom. The van der Waals surface area contributed by atoms with Crippen LogP contribution in [0.5, 0.6) is 0 Å². The van der Waals surface area contributed by atoms with Gasteiger partial charge in [0.2, 0.25) is 0 Å². The van der Waals surface area contributed by atoms with E-state index in [-0.39, 0.29) is 0 Å². The summed E-state index contributed by atoms with van der Waals surface area (Å²) in [6.07, 6.45) is 3.28. The molecule has 0 nitrogen and oxygen atoms in total. The van der Waals surface area contributed by atoms with E-state index in [0.717, 1.165) is 9.73 Å². The zero-order chi connectivity index (χ0) is 9.14. The third-order valence-electron chi connectivity index (χ3n) is 1.85. The lowest BCUT2D eigenvalue weighted by atomic mass is 10.0. The first-order valence-corrected chi connectivity index (χ1v) is 5.77. The zero-order valence-electron chi connectivity index (χ0n) is 7.29. The molecular weight excluding hydrogens is 204 g/mol. The normalized spacial score (nSPS) is 26.2. The summed E-state index contributed by atoms with van der Waals surface area (Å²) in [6, 6.07) is 0. The molecule has 1 unspecified atom stereocenters. The third-order valence-corrected chi connectivity index (χ3v) is 3.43. The molecule has 1 saturated heterocycles. The van der Waals surface area contributed by atoms with Crippen LogP contribution in [0.1, 0.15) is 20.3 Å². The number of rotatable bonds is 2. The molecule has 0 aromatic heterocycles. The molecule has 1 aliphatic rings. The zero-order valence-corrected chi connectivity index (χ0v) is 9.74. The number of hydrogen-bond acceptors (Lipinski definition) is 3. The van der Waals surface area contributed by atoms with Gasteiger partial charge in [-0.2, -0.15) is 0 Å². The van der Waals surface area contributed by atoms with Crippen molar-refractivity contribution in [1.29, 1.82) is 0 Å². The van der Waals surface area contributed by atoms with Gasteiger partial charge in [0.25, 0.3) is 0 Å². The number of hydrogen-bond donors (Lipinski definition) is 0. The van der Waals surface area contributed by atoms with Crippen LogP contribution in [0.25, 0.3) is 0 Å². The van der Waals surface area contributed by atoms with E-state index in [0.29, 0.717) is 5.92 Å². The van der Waals surface area contributed by atoms with Gasteiger partial charge in [0, 0.05) is 10.8 Å². The highest BCUT2D eigenvalue weighted by Crippen LogP contribution is 2.37. The quantitative estimate of drug-likeness (QED) is 0.513. The highest BCUT2D eigenvalue weighted by Gasteiger charge is 2.22. The van der Waals surface area contributed by atoms with Crippen molar-refractivity contribution in [1.82, 2.24) is 0 Å². The van der Waals surface area contributed by atoms with Crippen molar-refractivity contribution < 1.29 is 0 Å². The SMILES string of the molecule is CC(=S)/C=C1/SCCC1C(C)=S. The molecule has 1 fully saturated rings. The molecule has 0 amide bonds. The van der Waals surface area contributed by atoms with Gasteiger partial charge in [0.05, 0.1) is 0 Å². The van der Waals surface area contributed by atoms with E-state index in [2.05, 4.69) is 6.08 Å². The van der Waals surface area contributed by atoms with Crippen molar-refractivity contribution in [2.75, 3.05) is 5.75 Å². The van der Waals surface area contributed by atoms with Crippen LogP contribution >= 0.6 is 36.2 Å². The Labute approximate surface area is 88.8 Å². The predicted molar refractivity (Wildman–Crippen MR) is 65.2 cm³/mol. The van der Waals surface area contributed by atoms with Crippen LogP contribution in [0.4, 0.5) is 0 Å². The summed E-state index contributed by atoms with van der Waals surface area (Å²) in [7, 11) is 0. The van der Waals surface area contributed by atoms with Gasteiger partial charge in [-0.1, -0.05) is 24.4 Å². The van der Waals surface area contributed by atoms with E-state index in [9.17, 15) is 0 Å². The van der Waals surface area contributed by atoms with Crippen LogP contribution in [0.15, 0.2) is 11.0 Å². The van der Waals surface area contributed by atoms with E-state index < -0.39 is 0 Å². The van der Waals surface area contributed by atoms with E-state index >= 15 is 0 Å². The summed E-state index contributed by atoms with van der Waals surface area (Å²) >= 11 is 12.1. The Bertz CT molecular complexity index is 240. The maximum atomic E-state index is 5.19. The summed E-state index contributed by atoms with van der Waals surface area (Å²) in [4.78, 5) is 3.43. The summed E-state index contributed by atoms with van der Waals surface area (Å²) in [5.41, 5.74) is 0. The minimum atomic E-state index is 0.503. The minimum Gasteiger partial charge on any atom is -0.130 e. The summed E-state index contributed by atoms with van der Waals surface area (Å²) in [5.74, 6) is 1.69. The van der Waals surface area contributed by atoms with Crippen molar-refractivity contribution in [3.63, 3.8) is 0 Å². The van der Waals surface area contributed by atoms with Crippen LogP contribution in [-0.4, -0.2) is 15.5 Å². The Hall–Kier alpha value is 0.270. The van der Waals surface area contributed by atoms with Crippen LogP contribution in [0.3, 0.4) is 0 Å². The van der Waals surface area contributed by atoms with Gasteiger partial charge in [0.1, 0.15) is 0 Å². The van der Waals surface area contributed by atoms with Crippen molar-refractivity contribution in [3.05, 3.63) is 11.0 Å². The molecule has 0 spiro atoms. The van der Waals surface area contributed by atoms with Crippen LogP contribution in [0.2, 0.25) is 0 Å². The molecule has 0 radical (unpaired) electrons. The lowest BCUT2D eigenvalue weighted by Crippen LogP contribution is -2.06. The summed E-state index contributed by atoms with van der Waals surface area (Å²) in [5, 5.41) is 0. The molecule has 0 saturated carbocycles. The molecule has 0 aliphatic carbocycles. The molecule has 3 heteroatoms. The second-order valence-corrected chi connectivity index (χ2v) is 5.41. The van der Waals surface area contributed by atoms with Gasteiger partial charge in [-0.15, -0.1) is 11.8 Å². The molecule has 0 N–H and O–H groups in total. The Morgan fingerprint density at radius 2 is 2.17 bits per heavy atom. The van der Waals surface area contributed by atoms with Crippen molar-refractivity contribution in [2.24, 2.45) is 5.92 Å². The third kappa shape index (κ3) is 2.64. The Kier molecular flexibility index (Phi) is 3.87. The molecule has 0 bridgehead atoms. The monoisotopic (exact) mass is 216 g/mol. The number of thioether (sulfide) groups is 1. The van der Waals surface area contributed by atoms with Gasteiger partial charge in [0.15, 0.2) is 0 Å². The first-order valence-electron chi connectivity index (χ1n) is 3.96. The predicted octanol–water partition coefficient (Wildman–Crippen LogP) is 3.40. The second kappa shape index (κ2) is 4.49. The molecule has 1 atom stereocenters. The molecule has 1 rings (SSSR count). The molecule has 1 aliphatic heterocycles. The minimum absolute atomic E-state index is 0.503. The molecule has 12 heavy (non-hydrogen) atoms. The molecule has 0 aromatic carbocycles. The lowest BCUT2D eigenvalue weighted by molar-refractivity contribution is 0.851. The van der Waals surface area contributed by atoms with E-state index in [1.165, 1.54) is 17.1 Å². The van der Waals surface area contributed by atoms with Gasteiger partial charge < -0.3 is 0 Å². The fraction of sp³-hybridized carbons (Fsp3) is 0.556. The Morgan fingerprint density at radius 3 is 2.67 bits per heavy atom. The van der Waals surface area contributed by atoms with Gasteiger partial charge in [-0.3, -0.25) is 0 Å². The highest BCUT2D eigenvalue weighted by atomic mass is 32.2. The first-order chi connectivity index (χ1) is 5.61. The smallest absolute Gasteiger partial charge is 0.0218 e. The van der Waals surface area contributed by atoms with Crippen LogP contribution < -0.4 is 0 Å². The summed E-state index contributed by atoms with van der Waals surface area (Å²) < 4.78 is 0. The largest absolute Gasteiger partial charge is 0.130 e. The maximum absolute atomic E-state index is 5.19. The van der Waals surface area contributed by atoms with E-state index in [1.54, 1.807) is 0 Å². The molecule has 66 valence electrons. The standard InChI is InChI=1S/C9H12S3/c1-6(10)5-9-8(7(2)11)3-4-12-9/h5,8H,3-4H2,1-2H3/b9-5+. The fourth-order valence-corrected chi connectivity index (χ4v) is 3.15. The van der Waals surface area contributed by atoms with Crippen molar-refractivity contribution in [2.45, 2.75) is 20.3 Å². The van der Waals surface area contributed by atoms with Gasteiger partial charge >= 0.3 is 0 Å². The van der Waals surface area contributed by atoms with Gasteiger partial charge in [-0.25, -0.2) is 0 Å². The van der Waals surface area contributed by atoms with Gasteiger partial charge in [-0.05, 0) is 41.9 Å². The highest BCUT2D eigenvalue weighted by molar-refractivity contribution is 8.03. The van der Waals surface area contributed by atoms with E-state index in [1.807, 2.05) is 25.6 Å². The Balaban J connectivity index is 2.76. The molecular formula is C9H12S3. The first kappa shape index (κ1) is 10.4.